The number of hydrogen-bond donors (Lipinski definition) is 1. The fourth-order valence-electron chi connectivity index (χ4n) is 3.24. The number of carbonyl (C=O) groups excluding carboxylic acids is 1. The SMILES string of the molecule is CN(CCCCCc1cc(-c2ccccc2)no1)C(=O)CC1CSCCN1.Cl. The van der Waals surface area contributed by atoms with Crippen LogP contribution in [0.25, 0.3) is 11.3 Å². The molecular formula is C21H30ClN3O2S. The van der Waals surface area contributed by atoms with E-state index in [0.29, 0.717) is 12.5 Å². The highest BCUT2D eigenvalue weighted by atomic mass is 35.5. The first-order valence-corrected chi connectivity index (χ1v) is 10.9. The van der Waals surface area contributed by atoms with Gasteiger partial charge in [0.05, 0.1) is 0 Å². The Morgan fingerprint density at radius 3 is 2.86 bits per heavy atom. The van der Waals surface area contributed by atoms with E-state index < -0.39 is 0 Å². The molecule has 0 radical (unpaired) electrons. The van der Waals surface area contributed by atoms with Gasteiger partial charge >= 0.3 is 0 Å². The maximum Gasteiger partial charge on any atom is 0.223 e. The van der Waals surface area contributed by atoms with E-state index >= 15 is 0 Å². The lowest BCUT2D eigenvalue weighted by atomic mass is 10.1. The van der Waals surface area contributed by atoms with Gasteiger partial charge in [-0.05, 0) is 12.8 Å². The Labute approximate surface area is 178 Å². The molecule has 2 heterocycles. The molecule has 1 aliphatic heterocycles. The Balaban J connectivity index is 0.00000280. The average molecular weight is 424 g/mol. The van der Waals surface area contributed by atoms with Gasteiger partial charge in [-0.15, -0.1) is 12.4 Å². The van der Waals surface area contributed by atoms with E-state index in [2.05, 4.69) is 10.5 Å². The number of nitrogens with zero attached hydrogens (tertiary/aromatic N) is 2. The van der Waals surface area contributed by atoms with Crippen LogP contribution < -0.4 is 5.32 Å². The zero-order chi connectivity index (χ0) is 18.9. The number of rotatable bonds is 9. The second-order valence-corrected chi connectivity index (χ2v) is 8.25. The van der Waals surface area contributed by atoms with Crippen LogP contribution in [0.1, 0.15) is 31.4 Å². The number of carbonyl (C=O) groups is 1. The zero-order valence-electron chi connectivity index (χ0n) is 16.4. The van der Waals surface area contributed by atoms with Crippen LogP contribution in [0.3, 0.4) is 0 Å². The van der Waals surface area contributed by atoms with Gasteiger partial charge < -0.3 is 14.7 Å². The highest BCUT2D eigenvalue weighted by Crippen LogP contribution is 2.19. The molecule has 1 aromatic carbocycles. The third-order valence-corrected chi connectivity index (χ3v) is 6.02. The summed E-state index contributed by atoms with van der Waals surface area (Å²) in [6, 6.07) is 12.4. The van der Waals surface area contributed by atoms with Crippen molar-refractivity contribution in [3.63, 3.8) is 0 Å². The first-order valence-electron chi connectivity index (χ1n) is 9.78. The van der Waals surface area contributed by atoms with Crippen LogP contribution >= 0.6 is 24.2 Å². The highest BCUT2D eigenvalue weighted by Gasteiger charge is 2.18. The smallest absolute Gasteiger partial charge is 0.223 e. The molecule has 1 fully saturated rings. The van der Waals surface area contributed by atoms with E-state index in [1.54, 1.807) is 0 Å². The van der Waals surface area contributed by atoms with Crippen LogP contribution in [0.5, 0.6) is 0 Å². The van der Waals surface area contributed by atoms with E-state index in [1.165, 1.54) is 0 Å². The molecule has 1 N–H and O–H groups in total. The predicted octanol–water partition coefficient (Wildman–Crippen LogP) is 4.03. The molecule has 0 bridgehead atoms. The van der Waals surface area contributed by atoms with Gasteiger partial charge in [-0.3, -0.25) is 4.79 Å². The molecule has 1 aliphatic rings. The van der Waals surface area contributed by atoms with Crippen LogP contribution in [0.15, 0.2) is 40.9 Å². The Morgan fingerprint density at radius 2 is 2.11 bits per heavy atom. The molecule has 1 saturated heterocycles. The Kier molecular flexibility index (Phi) is 9.88. The fraction of sp³-hybridized carbons (Fsp3) is 0.524. The first-order chi connectivity index (χ1) is 13.2. The Bertz CT molecular complexity index is 705. The van der Waals surface area contributed by atoms with Crippen molar-refractivity contribution >= 4 is 30.1 Å². The first kappa shape index (κ1) is 22.8. The monoisotopic (exact) mass is 423 g/mol. The van der Waals surface area contributed by atoms with Gasteiger partial charge in [0.2, 0.25) is 5.91 Å². The van der Waals surface area contributed by atoms with Crippen molar-refractivity contribution in [3.8, 4) is 11.3 Å². The molecule has 1 amide bonds. The molecule has 0 aliphatic carbocycles. The van der Waals surface area contributed by atoms with Crippen molar-refractivity contribution in [2.24, 2.45) is 0 Å². The van der Waals surface area contributed by atoms with Crippen molar-refractivity contribution in [2.45, 2.75) is 38.1 Å². The third kappa shape index (κ3) is 7.15. The lowest BCUT2D eigenvalue weighted by Crippen LogP contribution is -2.41. The summed E-state index contributed by atoms with van der Waals surface area (Å²) in [5.41, 5.74) is 1.98. The fourth-order valence-corrected chi connectivity index (χ4v) is 4.19. The maximum absolute atomic E-state index is 12.3. The van der Waals surface area contributed by atoms with E-state index in [-0.39, 0.29) is 18.3 Å². The number of hydrogen-bond acceptors (Lipinski definition) is 5. The maximum atomic E-state index is 12.3. The van der Waals surface area contributed by atoms with Crippen LogP contribution in [0, 0.1) is 0 Å². The number of aryl methyl sites for hydroxylation is 1. The molecule has 1 atom stereocenters. The van der Waals surface area contributed by atoms with Crippen LogP contribution in [-0.4, -0.2) is 53.6 Å². The molecule has 0 spiro atoms. The number of unbranched alkanes of at least 4 members (excludes halogenated alkanes) is 2. The van der Waals surface area contributed by atoms with Gasteiger partial charge in [0.1, 0.15) is 11.5 Å². The number of nitrogens with one attached hydrogen (secondary N) is 1. The second-order valence-electron chi connectivity index (χ2n) is 7.10. The predicted molar refractivity (Wildman–Crippen MR) is 118 cm³/mol. The molecule has 5 nitrogen and oxygen atoms in total. The summed E-state index contributed by atoms with van der Waals surface area (Å²) in [5, 5.41) is 7.59. The molecular weight excluding hydrogens is 394 g/mol. The van der Waals surface area contributed by atoms with Crippen molar-refractivity contribution in [1.29, 1.82) is 0 Å². The highest BCUT2D eigenvalue weighted by molar-refractivity contribution is 7.99. The summed E-state index contributed by atoms with van der Waals surface area (Å²) < 4.78 is 5.45. The van der Waals surface area contributed by atoms with Gasteiger partial charge in [-0.2, -0.15) is 11.8 Å². The van der Waals surface area contributed by atoms with E-state index in [1.807, 2.05) is 60.1 Å². The summed E-state index contributed by atoms with van der Waals surface area (Å²) in [6.45, 7) is 1.84. The summed E-state index contributed by atoms with van der Waals surface area (Å²) >= 11 is 1.93. The minimum Gasteiger partial charge on any atom is -0.361 e. The van der Waals surface area contributed by atoms with Crippen molar-refractivity contribution in [3.05, 3.63) is 42.2 Å². The van der Waals surface area contributed by atoms with Gasteiger partial charge in [0, 0.05) is 62.2 Å². The van der Waals surface area contributed by atoms with Gasteiger partial charge in [0.15, 0.2) is 0 Å². The molecule has 154 valence electrons. The quantitative estimate of drug-likeness (QED) is 0.617. The number of amides is 1. The van der Waals surface area contributed by atoms with E-state index in [4.69, 9.17) is 4.52 Å². The van der Waals surface area contributed by atoms with E-state index in [0.717, 1.165) is 67.3 Å². The standard InChI is InChI=1S/C21H29N3O2S.ClH/c1-24(21(25)14-18-16-27-13-11-22-18)12-7-3-6-10-19-15-20(23-26-19)17-8-4-2-5-9-17;/h2,4-5,8-9,15,18,22H,3,6-7,10-14,16H2,1H3;1H. The van der Waals surface area contributed by atoms with Gasteiger partial charge in [-0.25, -0.2) is 0 Å². The number of aromatic nitrogens is 1. The van der Waals surface area contributed by atoms with Crippen molar-refractivity contribution < 1.29 is 9.32 Å². The molecule has 2 aromatic rings. The topological polar surface area (TPSA) is 58.4 Å². The molecule has 3 rings (SSSR count). The van der Waals surface area contributed by atoms with Crippen molar-refractivity contribution in [2.75, 3.05) is 31.6 Å². The normalized spacial score (nSPS) is 16.4. The summed E-state index contributed by atoms with van der Waals surface area (Å²) in [4.78, 5) is 14.2. The second kappa shape index (κ2) is 12.1. The minimum absolute atomic E-state index is 0. The van der Waals surface area contributed by atoms with E-state index in [9.17, 15) is 4.79 Å². The Morgan fingerprint density at radius 1 is 1.29 bits per heavy atom. The number of thioether (sulfide) groups is 1. The summed E-state index contributed by atoms with van der Waals surface area (Å²) in [7, 11) is 1.92. The van der Waals surface area contributed by atoms with Crippen LogP contribution in [0.4, 0.5) is 0 Å². The Hall–Kier alpha value is -1.50. The third-order valence-electron chi connectivity index (χ3n) is 4.89. The summed E-state index contributed by atoms with van der Waals surface area (Å²) in [5.74, 6) is 3.37. The summed E-state index contributed by atoms with van der Waals surface area (Å²) in [6.07, 6.45) is 4.65. The number of benzene rings is 1. The van der Waals surface area contributed by atoms with Crippen molar-refractivity contribution in [1.82, 2.24) is 15.4 Å². The van der Waals surface area contributed by atoms with Crippen LogP contribution in [0.2, 0.25) is 0 Å². The molecule has 28 heavy (non-hydrogen) atoms. The molecule has 1 unspecified atom stereocenters. The molecule has 1 aromatic heterocycles. The van der Waals surface area contributed by atoms with Gasteiger partial charge in [-0.1, -0.05) is 41.9 Å². The lowest BCUT2D eigenvalue weighted by molar-refractivity contribution is -0.130. The average Bonchev–Trinajstić information content (AvgIpc) is 3.18. The van der Waals surface area contributed by atoms with Crippen LogP contribution in [-0.2, 0) is 11.2 Å². The zero-order valence-corrected chi connectivity index (χ0v) is 18.1. The molecule has 0 saturated carbocycles. The number of halogens is 1. The minimum atomic E-state index is 0. The molecule has 7 heteroatoms. The largest absolute Gasteiger partial charge is 0.361 e. The van der Waals surface area contributed by atoms with Gasteiger partial charge in [0.25, 0.3) is 0 Å². The lowest BCUT2D eigenvalue weighted by Gasteiger charge is -2.25.